The van der Waals surface area contributed by atoms with Crippen molar-refractivity contribution in [3.8, 4) is 5.69 Å². The summed E-state index contributed by atoms with van der Waals surface area (Å²) in [4.78, 5) is 20.8. The lowest BCUT2D eigenvalue weighted by molar-refractivity contribution is -0.137. The third-order valence-corrected chi connectivity index (χ3v) is 5.81. The Balaban J connectivity index is 1.39. The monoisotopic (exact) mass is 450 g/mol. The van der Waals surface area contributed by atoms with Crippen molar-refractivity contribution < 1.29 is 18.0 Å². The summed E-state index contributed by atoms with van der Waals surface area (Å²) in [6.45, 7) is 4.09. The number of hydrogen-bond donors (Lipinski definition) is 1. The summed E-state index contributed by atoms with van der Waals surface area (Å²) in [7, 11) is 0. The van der Waals surface area contributed by atoms with Gasteiger partial charge in [-0.25, -0.2) is 9.67 Å². The zero-order chi connectivity index (χ0) is 21.8. The van der Waals surface area contributed by atoms with Gasteiger partial charge in [0.1, 0.15) is 12.7 Å². The van der Waals surface area contributed by atoms with Crippen LogP contribution in [0.25, 0.3) is 5.69 Å². The molecule has 7 nitrogen and oxygen atoms in total. The molecule has 1 fully saturated rings. The summed E-state index contributed by atoms with van der Waals surface area (Å²) >= 11 is 1.67. The maximum atomic E-state index is 13.2. The summed E-state index contributed by atoms with van der Waals surface area (Å²) in [5, 5.41) is 10.8. The zero-order valence-corrected chi connectivity index (χ0v) is 17.4. The van der Waals surface area contributed by atoms with E-state index in [1.807, 2.05) is 4.90 Å². The molecular formula is C20H21F3N6OS. The molecule has 11 heteroatoms. The highest BCUT2D eigenvalue weighted by Crippen LogP contribution is 2.33. The van der Waals surface area contributed by atoms with E-state index in [0.717, 1.165) is 44.9 Å². The molecule has 0 atom stereocenters. The van der Waals surface area contributed by atoms with Gasteiger partial charge in [0.25, 0.3) is 0 Å². The van der Waals surface area contributed by atoms with Gasteiger partial charge in [-0.2, -0.15) is 29.6 Å². The number of amides is 1. The molecular weight excluding hydrogens is 429 g/mol. The van der Waals surface area contributed by atoms with Crippen LogP contribution in [0.2, 0.25) is 0 Å². The van der Waals surface area contributed by atoms with Crippen LogP contribution in [0.3, 0.4) is 0 Å². The molecule has 1 saturated heterocycles. The highest BCUT2D eigenvalue weighted by atomic mass is 32.1. The predicted octanol–water partition coefficient (Wildman–Crippen LogP) is 3.10. The zero-order valence-electron chi connectivity index (χ0n) is 16.5. The van der Waals surface area contributed by atoms with Gasteiger partial charge in [0, 0.05) is 32.7 Å². The maximum Gasteiger partial charge on any atom is 0.416 e. The number of nitrogens with one attached hydrogen (secondary N) is 1. The number of anilines is 1. The third kappa shape index (κ3) is 5.49. The SMILES string of the molecule is O=C(CN1CCN(Cc2ccsc2)CC1)Nc1cc(C(F)(F)F)ccc1-n1cncn1. The molecule has 0 bridgehead atoms. The number of thiophene rings is 1. The number of hydrogen-bond acceptors (Lipinski definition) is 6. The number of rotatable bonds is 6. The Morgan fingerprint density at radius 1 is 1.13 bits per heavy atom. The van der Waals surface area contributed by atoms with Gasteiger partial charge in [0.2, 0.25) is 5.91 Å². The lowest BCUT2D eigenvalue weighted by Gasteiger charge is -2.34. The van der Waals surface area contributed by atoms with Crippen LogP contribution in [0, 0.1) is 0 Å². The minimum atomic E-state index is -4.51. The lowest BCUT2D eigenvalue weighted by atomic mass is 10.1. The quantitative estimate of drug-likeness (QED) is 0.625. The second kappa shape index (κ2) is 9.16. The van der Waals surface area contributed by atoms with Gasteiger partial charge in [-0.15, -0.1) is 0 Å². The van der Waals surface area contributed by atoms with E-state index < -0.39 is 11.7 Å². The first-order valence-electron chi connectivity index (χ1n) is 9.70. The molecule has 0 aliphatic carbocycles. The highest BCUT2D eigenvalue weighted by Gasteiger charge is 2.31. The number of carbonyl (C=O) groups is 1. The predicted molar refractivity (Wildman–Crippen MR) is 111 cm³/mol. The van der Waals surface area contributed by atoms with Crippen molar-refractivity contribution in [2.24, 2.45) is 0 Å². The third-order valence-electron chi connectivity index (χ3n) is 5.08. The topological polar surface area (TPSA) is 66.3 Å². The van der Waals surface area contributed by atoms with Gasteiger partial charge >= 0.3 is 6.18 Å². The minimum Gasteiger partial charge on any atom is -0.323 e. The van der Waals surface area contributed by atoms with Crippen molar-refractivity contribution in [3.63, 3.8) is 0 Å². The molecule has 1 N–H and O–H groups in total. The van der Waals surface area contributed by atoms with Crippen LogP contribution in [-0.4, -0.2) is 63.2 Å². The normalized spacial score (nSPS) is 15.8. The maximum absolute atomic E-state index is 13.2. The van der Waals surface area contributed by atoms with Crippen molar-refractivity contribution in [1.82, 2.24) is 24.6 Å². The Bertz CT molecular complexity index is 999. The number of aromatic nitrogens is 3. The summed E-state index contributed by atoms with van der Waals surface area (Å²) < 4.78 is 40.8. The van der Waals surface area contributed by atoms with E-state index in [0.29, 0.717) is 5.69 Å². The first-order chi connectivity index (χ1) is 14.9. The van der Waals surface area contributed by atoms with Crippen molar-refractivity contribution in [1.29, 1.82) is 0 Å². The van der Waals surface area contributed by atoms with E-state index in [9.17, 15) is 18.0 Å². The van der Waals surface area contributed by atoms with E-state index in [4.69, 9.17) is 0 Å². The van der Waals surface area contributed by atoms with Gasteiger partial charge in [-0.3, -0.25) is 14.6 Å². The van der Waals surface area contributed by atoms with Crippen LogP contribution < -0.4 is 5.32 Å². The van der Waals surface area contributed by atoms with Crippen LogP contribution >= 0.6 is 11.3 Å². The number of carbonyl (C=O) groups excluding carboxylic acids is 1. The number of piperazine rings is 1. The fourth-order valence-corrected chi connectivity index (χ4v) is 4.14. The Hall–Kier alpha value is -2.76. The molecule has 0 unspecified atom stereocenters. The minimum absolute atomic E-state index is 0.0430. The molecule has 3 heterocycles. The standard InChI is InChI=1S/C20H21F3N6OS/c21-20(22,23)16-1-2-18(29-14-24-13-25-29)17(9-16)26-19(30)11-28-6-4-27(5-7-28)10-15-3-8-31-12-15/h1-3,8-9,12-14H,4-7,10-11H2,(H,26,30). The van der Waals surface area contributed by atoms with E-state index in [-0.39, 0.29) is 18.1 Å². The Labute approximate surface area is 181 Å². The first-order valence-corrected chi connectivity index (χ1v) is 10.6. The molecule has 0 saturated carbocycles. The fourth-order valence-electron chi connectivity index (χ4n) is 3.48. The molecule has 1 aliphatic heterocycles. The largest absolute Gasteiger partial charge is 0.416 e. The molecule has 31 heavy (non-hydrogen) atoms. The van der Waals surface area contributed by atoms with Crippen molar-refractivity contribution in [3.05, 3.63) is 58.8 Å². The Kier molecular flexibility index (Phi) is 6.35. The molecule has 3 aromatic rings. The van der Waals surface area contributed by atoms with Gasteiger partial charge in [0.05, 0.1) is 23.5 Å². The smallest absolute Gasteiger partial charge is 0.323 e. The Morgan fingerprint density at radius 3 is 2.55 bits per heavy atom. The summed E-state index contributed by atoms with van der Waals surface area (Å²) in [5.74, 6) is -0.369. The molecule has 0 radical (unpaired) electrons. The van der Waals surface area contributed by atoms with Crippen LogP contribution in [-0.2, 0) is 17.5 Å². The average molecular weight is 450 g/mol. The molecule has 0 spiro atoms. The van der Waals surface area contributed by atoms with Gasteiger partial charge < -0.3 is 5.32 Å². The molecule has 4 rings (SSSR count). The number of alkyl halides is 3. The number of halogens is 3. The van der Waals surface area contributed by atoms with Crippen molar-refractivity contribution in [2.75, 3.05) is 38.0 Å². The lowest BCUT2D eigenvalue weighted by Crippen LogP contribution is -2.48. The molecule has 1 amide bonds. The molecule has 1 aromatic carbocycles. The van der Waals surface area contributed by atoms with E-state index >= 15 is 0 Å². The Morgan fingerprint density at radius 2 is 1.90 bits per heavy atom. The average Bonchev–Trinajstić information content (AvgIpc) is 3.43. The van der Waals surface area contributed by atoms with Crippen molar-refractivity contribution >= 4 is 22.9 Å². The molecule has 2 aromatic heterocycles. The van der Waals surface area contributed by atoms with E-state index in [1.165, 1.54) is 29.0 Å². The molecule has 1 aliphatic rings. The summed E-state index contributed by atoms with van der Waals surface area (Å²) in [5.41, 5.74) is 0.802. The first kappa shape index (κ1) is 21.5. The highest BCUT2D eigenvalue weighted by molar-refractivity contribution is 7.07. The van der Waals surface area contributed by atoms with Crippen LogP contribution in [0.15, 0.2) is 47.7 Å². The van der Waals surface area contributed by atoms with Gasteiger partial charge in [0.15, 0.2) is 0 Å². The van der Waals surface area contributed by atoms with Gasteiger partial charge in [-0.05, 0) is 40.6 Å². The van der Waals surface area contributed by atoms with Crippen molar-refractivity contribution in [2.45, 2.75) is 12.7 Å². The van der Waals surface area contributed by atoms with E-state index in [2.05, 4.69) is 37.1 Å². The summed E-state index contributed by atoms with van der Waals surface area (Å²) in [6, 6.07) is 5.26. The van der Waals surface area contributed by atoms with E-state index in [1.54, 1.807) is 11.3 Å². The second-order valence-corrected chi connectivity index (χ2v) is 8.08. The summed E-state index contributed by atoms with van der Waals surface area (Å²) in [6.07, 6.45) is -1.87. The van der Waals surface area contributed by atoms with Gasteiger partial charge in [-0.1, -0.05) is 0 Å². The fraction of sp³-hybridized carbons (Fsp3) is 0.350. The second-order valence-electron chi connectivity index (χ2n) is 7.30. The van der Waals surface area contributed by atoms with Crippen LogP contribution in [0.5, 0.6) is 0 Å². The number of benzene rings is 1. The van der Waals surface area contributed by atoms with Crippen LogP contribution in [0.4, 0.5) is 18.9 Å². The van der Waals surface area contributed by atoms with Crippen LogP contribution in [0.1, 0.15) is 11.1 Å². The molecule has 164 valence electrons. The number of nitrogens with zero attached hydrogens (tertiary/aromatic N) is 5.